The Kier molecular flexibility index (Phi) is 6.96. The highest BCUT2D eigenvalue weighted by molar-refractivity contribution is 7.89. The number of aryl methyl sites for hydroxylation is 1. The quantitative estimate of drug-likeness (QED) is 0.466. The van der Waals surface area contributed by atoms with E-state index in [1.54, 1.807) is 6.92 Å². The van der Waals surface area contributed by atoms with Crippen LogP contribution in [0.3, 0.4) is 0 Å². The molecule has 0 spiro atoms. The Labute approximate surface area is 194 Å². The van der Waals surface area contributed by atoms with Crippen molar-refractivity contribution in [2.45, 2.75) is 37.4 Å². The van der Waals surface area contributed by atoms with Crippen molar-refractivity contribution in [2.24, 2.45) is 0 Å². The Morgan fingerprint density at radius 1 is 1.38 bits per heavy atom. The third-order valence-electron chi connectivity index (χ3n) is 4.95. The highest BCUT2D eigenvalue weighted by Crippen LogP contribution is 2.27. The zero-order valence-electron chi connectivity index (χ0n) is 17.2. The first-order valence-electron chi connectivity index (χ1n) is 9.91. The number of carbonyl (C=O) groups excluding carboxylic acids is 1. The summed E-state index contributed by atoms with van der Waals surface area (Å²) < 4.78 is 44.3. The molecule has 0 bridgehead atoms. The lowest BCUT2D eigenvalue weighted by molar-refractivity contribution is 0.0466. The highest BCUT2D eigenvalue weighted by Gasteiger charge is 2.24. The van der Waals surface area contributed by atoms with Crippen LogP contribution >= 0.6 is 22.9 Å². The maximum atomic E-state index is 12.7. The number of benzene rings is 1. The zero-order chi connectivity index (χ0) is 22.7. The van der Waals surface area contributed by atoms with Gasteiger partial charge in [-0.25, -0.2) is 22.9 Å². The Morgan fingerprint density at radius 3 is 2.94 bits per heavy atom. The Bertz CT molecular complexity index is 1200. The largest absolute Gasteiger partial charge is 0.455 e. The van der Waals surface area contributed by atoms with E-state index in [1.165, 1.54) is 29.5 Å². The summed E-state index contributed by atoms with van der Waals surface area (Å²) >= 11 is 7.59. The first-order valence-corrected chi connectivity index (χ1v) is 12.7. The molecule has 170 valence electrons. The van der Waals surface area contributed by atoms with Crippen molar-refractivity contribution >= 4 is 38.9 Å². The van der Waals surface area contributed by atoms with Crippen molar-refractivity contribution in [3.05, 3.63) is 57.8 Å². The zero-order valence-corrected chi connectivity index (χ0v) is 19.6. The predicted molar refractivity (Wildman–Crippen MR) is 119 cm³/mol. The molecule has 1 atom stereocenters. The molecular weight excluding hydrogens is 476 g/mol. The SMILES string of the molecule is Cc1oc(-c2cccs2)nc1COC(=O)c1ccc(Cl)c(S(=O)(=O)NCC2CCCO2)c1. The number of hydrogen-bond donors (Lipinski definition) is 1. The fourth-order valence-electron chi connectivity index (χ4n) is 3.21. The minimum Gasteiger partial charge on any atom is -0.455 e. The third kappa shape index (κ3) is 5.21. The number of nitrogens with zero attached hydrogens (tertiary/aromatic N) is 1. The van der Waals surface area contributed by atoms with Crippen LogP contribution in [0.1, 0.15) is 34.7 Å². The van der Waals surface area contributed by atoms with Crippen molar-refractivity contribution in [3.63, 3.8) is 0 Å². The average molecular weight is 497 g/mol. The second kappa shape index (κ2) is 9.72. The Hall–Kier alpha value is -2.24. The van der Waals surface area contributed by atoms with E-state index >= 15 is 0 Å². The van der Waals surface area contributed by atoms with Crippen molar-refractivity contribution in [1.82, 2.24) is 9.71 Å². The first kappa shape index (κ1) is 22.9. The van der Waals surface area contributed by atoms with Crippen LogP contribution in [0.25, 0.3) is 10.8 Å². The maximum Gasteiger partial charge on any atom is 0.338 e. The molecule has 1 unspecified atom stereocenters. The van der Waals surface area contributed by atoms with Gasteiger partial charge in [-0.2, -0.15) is 0 Å². The summed E-state index contributed by atoms with van der Waals surface area (Å²) in [5.74, 6) is 0.303. The number of esters is 1. The van der Waals surface area contributed by atoms with Crippen LogP contribution in [-0.4, -0.2) is 38.6 Å². The molecule has 3 heterocycles. The van der Waals surface area contributed by atoms with Gasteiger partial charge in [-0.3, -0.25) is 0 Å². The van der Waals surface area contributed by atoms with Gasteiger partial charge < -0.3 is 13.9 Å². The summed E-state index contributed by atoms with van der Waals surface area (Å²) in [6.45, 7) is 2.39. The van der Waals surface area contributed by atoms with Crippen LogP contribution < -0.4 is 4.72 Å². The molecule has 2 aromatic heterocycles. The van der Waals surface area contributed by atoms with Gasteiger partial charge in [-0.05, 0) is 49.4 Å². The molecule has 8 nitrogen and oxygen atoms in total. The molecule has 0 saturated carbocycles. The number of hydrogen-bond acceptors (Lipinski definition) is 8. The van der Waals surface area contributed by atoms with Crippen LogP contribution in [0.2, 0.25) is 5.02 Å². The molecule has 1 saturated heterocycles. The lowest BCUT2D eigenvalue weighted by atomic mass is 10.2. The van der Waals surface area contributed by atoms with Gasteiger partial charge in [0, 0.05) is 13.2 Å². The monoisotopic (exact) mass is 496 g/mol. The van der Waals surface area contributed by atoms with Gasteiger partial charge in [0.2, 0.25) is 15.9 Å². The van der Waals surface area contributed by atoms with E-state index in [-0.39, 0.29) is 34.7 Å². The van der Waals surface area contributed by atoms with Crippen LogP contribution in [0.5, 0.6) is 0 Å². The Balaban J connectivity index is 1.44. The van der Waals surface area contributed by atoms with E-state index in [0.29, 0.717) is 24.0 Å². The van der Waals surface area contributed by atoms with Crippen molar-refractivity contribution < 1.29 is 27.1 Å². The van der Waals surface area contributed by atoms with Gasteiger partial charge in [-0.1, -0.05) is 17.7 Å². The van der Waals surface area contributed by atoms with Gasteiger partial charge in [0.05, 0.1) is 21.6 Å². The Morgan fingerprint density at radius 2 is 2.22 bits per heavy atom. The van der Waals surface area contributed by atoms with Gasteiger partial charge in [0.15, 0.2) is 0 Å². The van der Waals surface area contributed by atoms with Crippen LogP contribution in [0, 0.1) is 6.92 Å². The smallest absolute Gasteiger partial charge is 0.338 e. The molecule has 0 amide bonds. The van der Waals surface area contributed by atoms with Crippen LogP contribution in [0.4, 0.5) is 0 Å². The minimum atomic E-state index is -3.93. The van der Waals surface area contributed by atoms with E-state index in [1.807, 2.05) is 17.5 Å². The molecule has 3 aromatic rings. The standard InChI is InChI=1S/C21H21ClN2O6S2/c1-13-17(24-20(30-13)18-5-3-9-31-18)12-29-21(25)14-6-7-16(22)19(10-14)32(26,27)23-11-15-4-2-8-28-15/h3,5-7,9-10,15,23H,2,4,8,11-12H2,1H3. The minimum absolute atomic E-state index is 0.00863. The first-order chi connectivity index (χ1) is 15.3. The number of aromatic nitrogens is 1. The molecule has 1 aliphatic heterocycles. The number of carbonyl (C=O) groups is 1. The number of rotatable bonds is 8. The van der Waals surface area contributed by atoms with Gasteiger partial charge in [0.1, 0.15) is 23.0 Å². The van der Waals surface area contributed by atoms with Crippen molar-refractivity contribution in [3.8, 4) is 10.8 Å². The normalized spacial score (nSPS) is 16.4. The van der Waals surface area contributed by atoms with Crippen LogP contribution in [0.15, 0.2) is 45.0 Å². The van der Waals surface area contributed by atoms with E-state index in [9.17, 15) is 13.2 Å². The molecule has 11 heteroatoms. The number of sulfonamides is 1. The molecule has 0 aliphatic carbocycles. The lowest BCUT2D eigenvalue weighted by Crippen LogP contribution is -2.32. The molecule has 1 N–H and O–H groups in total. The highest BCUT2D eigenvalue weighted by atomic mass is 35.5. The fourth-order valence-corrected chi connectivity index (χ4v) is 5.45. The van der Waals surface area contributed by atoms with E-state index in [2.05, 4.69) is 9.71 Å². The van der Waals surface area contributed by atoms with Crippen molar-refractivity contribution in [2.75, 3.05) is 13.2 Å². The molecular formula is C21H21ClN2O6S2. The molecule has 1 aromatic carbocycles. The number of oxazole rings is 1. The van der Waals surface area contributed by atoms with Crippen LogP contribution in [-0.2, 0) is 26.1 Å². The molecule has 1 aliphatic rings. The summed E-state index contributed by atoms with van der Waals surface area (Å²) in [6, 6.07) is 7.75. The summed E-state index contributed by atoms with van der Waals surface area (Å²) in [4.78, 5) is 17.6. The number of halogens is 1. The maximum absolute atomic E-state index is 12.7. The number of thiophene rings is 1. The summed E-state index contributed by atoms with van der Waals surface area (Å²) in [5, 5.41) is 1.92. The summed E-state index contributed by atoms with van der Waals surface area (Å²) in [6.07, 6.45) is 1.52. The van der Waals surface area contributed by atoms with Crippen molar-refractivity contribution in [1.29, 1.82) is 0 Å². The summed E-state index contributed by atoms with van der Waals surface area (Å²) in [5.41, 5.74) is 0.549. The van der Waals surface area contributed by atoms with E-state index in [4.69, 9.17) is 25.5 Å². The second-order valence-corrected chi connectivity index (χ2v) is 10.3. The average Bonchev–Trinajstić information content (AvgIpc) is 3.53. The second-order valence-electron chi connectivity index (χ2n) is 7.21. The molecule has 32 heavy (non-hydrogen) atoms. The number of nitrogens with one attached hydrogen (secondary N) is 1. The molecule has 1 fully saturated rings. The van der Waals surface area contributed by atoms with Gasteiger partial charge >= 0.3 is 5.97 Å². The van der Waals surface area contributed by atoms with E-state index < -0.39 is 16.0 Å². The topological polar surface area (TPSA) is 108 Å². The molecule has 0 radical (unpaired) electrons. The number of ether oxygens (including phenoxy) is 2. The van der Waals surface area contributed by atoms with Gasteiger partial charge in [0.25, 0.3) is 0 Å². The lowest BCUT2D eigenvalue weighted by Gasteiger charge is -2.13. The van der Waals surface area contributed by atoms with E-state index in [0.717, 1.165) is 17.7 Å². The van der Waals surface area contributed by atoms with Gasteiger partial charge in [-0.15, -0.1) is 11.3 Å². The fraction of sp³-hybridized carbons (Fsp3) is 0.333. The molecule has 4 rings (SSSR count). The third-order valence-corrected chi connectivity index (χ3v) is 7.71. The predicted octanol–water partition coefficient (Wildman–Crippen LogP) is 4.18. The summed E-state index contributed by atoms with van der Waals surface area (Å²) in [7, 11) is -3.93.